The summed E-state index contributed by atoms with van der Waals surface area (Å²) in [6.45, 7) is 0. The van der Waals surface area contributed by atoms with Crippen LogP contribution in [-0.2, 0) is 20.8 Å². The normalized spacial score (nSPS) is 27.3. The van der Waals surface area contributed by atoms with Gasteiger partial charge < -0.3 is 4.90 Å². The second-order valence-corrected chi connectivity index (χ2v) is 8.54. The summed E-state index contributed by atoms with van der Waals surface area (Å²) in [5.74, 6) is -0.945. The number of rotatable bonds is 1. The first-order valence-electron chi connectivity index (χ1n) is 6.48. The van der Waals surface area contributed by atoms with E-state index in [2.05, 4.69) is 15.9 Å². The molecule has 0 saturated carbocycles. The van der Waals surface area contributed by atoms with Crippen molar-refractivity contribution >= 4 is 37.4 Å². The van der Waals surface area contributed by atoms with Crippen molar-refractivity contribution in [3.63, 3.8) is 0 Å². The van der Waals surface area contributed by atoms with E-state index < -0.39 is 27.6 Å². The summed E-state index contributed by atoms with van der Waals surface area (Å²) in [7, 11) is -3.24. The summed E-state index contributed by atoms with van der Waals surface area (Å²) in [5, 5.41) is 0. The average molecular weight is 398 g/mol. The van der Waals surface area contributed by atoms with Gasteiger partial charge in [-0.05, 0) is 18.2 Å². The van der Waals surface area contributed by atoms with Gasteiger partial charge in [-0.1, -0.05) is 15.9 Å². The maximum Gasteiger partial charge on any atom is 0.417 e. The van der Waals surface area contributed by atoms with Crippen LogP contribution in [-0.4, -0.2) is 31.9 Å². The summed E-state index contributed by atoms with van der Waals surface area (Å²) >= 11 is 2.85. The average Bonchev–Trinajstić information content (AvgIpc) is 2.79. The first-order chi connectivity index (χ1) is 10.1. The van der Waals surface area contributed by atoms with Gasteiger partial charge in [-0.2, -0.15) is 13.2 Å². The Hall–Kier alpha value is -1.09. The van der Waals surface area contributed by atoms with Gasteiger partial charge in [-0.15, -0.1) is 0 Å². The molecular formula is C13H11BrF3NO3S. The number of alkyl halides is 3. The highest BCUT2D eigenvalue weighted by Crippen LogP contribution is 2.41. The van der Waals surface area contributed by atoms with E-state index in [-0.39, 0.29) is 39.9 Å². The molecule has 4 nitrogen and oxygen atoms in total. The Balaban J connectivity index is 2.02. The zero-order valence-electron chi connectivity index (χ0n) is 11.1. The second kappa shape index (κ2) is 4.95. The smallest absolute Gasteiger partial charge is 0.308 e. The highest BCUT2D eigenvalue weighted by molar-refractivity contribution is 9.10. The van der Waals surface area contributed by atoms with Crippen LogP contribution < -0.4 is 4.90 Å². The van der Waals surface area contributed by atoms with Gasteiger partial charge in [0.05, 0.1) is 23.1 Å². The van der Waals surface area contributed by atoms with Gasteiger partial charge in [0.1, 0.15) is 0 Å². The van der Waals surface area contributed by atoms with E-state index in [9.17, 15) is 26.4 Å². The maximum atomic E-state index is 13.0. The molecule has 0 unspecified atom stereocenters. The van der Waals surface area contributed by atoms with Crippen molar-refractivity contribution in [2.75, 3.05) is 16.4 Å². The van der Waals surface area contributed by atoms with Crippen LogP contribution in [0.1, 0.15) is 12.0 Å². The van der Waals surface area contributed by atoms with Gasteiger partial charge in [-0.3, -0.25) is 4.79 Å². The van der Waals surface area contributed by atoms with E-state index in [4.69, 9.17) is 0 Å². The molecule has 1 aromatic carbocycles. The van der Waals surface area contributed by atoms with Gasteiger partial charge in [-0.25, -0.2) is 8.42 Å². The van der Waals surface area contributed by atoms with E-state index in [0.29, 0.717) is 0 Å². The molecule has 0 N–H and O–H groups in total. The molecule has 1 amide bonds. The van der Waals surface area contributed by atoms with Crippen molar-refractivity contribution in [3.05, 3.63) is 28.2 Å². The number of hydrogen-bond donors (Lipinski definition) is 0. The fraction of sp³-hybridized carbons (Fsp3) is 0.462. The van der Waals surface area contributed by atoms with Crippen molar-refractivity contribution in [1.82, 2.24) is 0 Å². The fourth-order valence-electron chi connectivity index (χ4n) is 3.11. The molecule has 0 bridgehead atoms. The van der Waals surface area contributed by atoms with E-state index in [1.807, 2.05) is 0 Å². The minimum absolute atomic E-state index is 0.0569. The number of carbonyl (C=O) groups excluding carboxylic acids is 1. The van der Waals surface area contributed by atoms with Crippen LogP contribution in [0.5, 0.6) is 0 Å². The first-order valence-corrected chi connectivity index (χ1v) is 9.09. The van der Waals surface area contributed by atoms with Crippen LogP contribution in [0.15, 0.2) is 22.7 Å². The summed E-state index contributed by atoms with van der Waals surface area (Å²) in [5.41, 5.74) is -0.799. The predicted molar refractivity (Wildman–Crippen MR) is 77.2 cm³/mol. The number of sulfone groups is 1. The van der Waals surface area contributed by atoms with Crippen LogP contribution in [0.3, 0.4) is 0 Å². The molecule has 120 valence electrons. The van der Waals surface area contributed by atoms with Crippen LogP contribution in [0.2, 0.25) is 0 Å². The summed E-state index contributed by atoms with van der Waals surface area (Å²) in [6, 6.07) is 2.93. The Morgan fingerprint density at radius 1 is 1.23 bits per heavy atom. The molecule has 2 aliphatic heterocycles. The number of benzene rings is 1. The van der Waals surface area contributed by atoms with Crippen molar-refractivity contribution in [3.8, 4) is 0 Å². The molecule has 0 aromatic heterocycles. The zero-order valence-corrected chi connectivity index (χ0v) is 13.5. The largest absolute Gasteiger partial charge is 0.417 e. The molecule has 22 heavy (non-hydrogen) atoms. The van der Waals surface area contributed by atoms with Gasteiger partial charge in [0, 0.05) is 22.5 Å². The predicted octanol–water partition coefficient (Wildman–Crippen LogP) is 2.62. The van der Waals surface area contributed by atoms with Gasteiger partial charge in [0.25, 0.3) is 0 Å². The SMILES string of the molecule is O=C1C[C@H]2CS(=O)(=O)C[C@@H]2N1c1ccc(Br)c(C(F)(F)F)c1. The third-order valence-corrected chi connectivity index (χ3v) is 6.48. The van der Waals surface area contributed by atoms with Crippen LogP contribution >= 0.6 is 15.9 Å². The first kappa shape index (κ1) is 15.8. The molecule has 2 atom stereocenters. The minimum Gasteiger partial charge on any atom is -0.308 e. The fourth-order valence-corrected chi connectivity index (χ4v) is 5.65. The summed E-state index contributed by atoms with van der Waals surface area (Å²) in [6.07, 6.45) is -4.50. The molecule has 2 aliphatic rings. The lowest BCUT2D eigenvalue weighted by atomic mass is 10.0. The Morgan fingerprint density at radius 3 is 2.55 bits per heavy atom. The van der Waals surface area contributed by atoms with E-state index >= 15 is 0 Å². The second-order valence-electron chi connectivity index (χ2n) is 5.53. The maximum absolute atomic E-state index is 13.0. The molecule has 2 saturated heterocycles. The van der Waals surface area contributed by atoms with Crippen LogP contribution in [0, 0.1) is 5.92 Å². The number of hydrogen-bond acceptors (Lipinski definition) is 3. The molecular weight excluding hydrogens is 387 g/mol. The highest BCUT2D eigenvalue weighted by atomic mass is 79.9. The van der Waals surface area contributed by atoms with Crippen molar-refractivity contribution < 1.29 is 26.4 Å². The lowest BCUT2D eigenvalue weighted by molar-refractivity contribution is -0.138. The van der Waals surface area contributed by atoms with Gasteiger partial charge in [0.2, 0.25) is 5.91 Å². The minimum atomic E-state index is -4.56. The number of nitrogens with zero attached hydrogens (tertiary/aromatic N) is 1. The van der Waals surface area contributed by atoms with Gasteiger partial charge in [0.15, 0.2) is 9.84 Å². The monoisotopic (exact) mass is 397 g/mol. The van der Waals surface area contributed by atoms with E-state index in [1.54, 1.807) is 0 Å². The standard InChI is InChI=1S/C13H11BrF3NO3S/c14-10-2-1-8(4-9(10)13(15,16)17)18-11-6-22(20,21)5-7(11)3-12(18)19/h1-2,4,7,11H,3,5-6H2/t7-,11-/m0/s1. The molecule has 0 spiro atoms. The molecule has 0 radical (unpaired) electrons. The molecule has 2 fully saturated rings. The third-order valence-electron chi connectivity index (χ3n) is 4.01. The summed E-state index contributed by atoms with van der Waals surface area (Å²) in [4.78, 5) is 13.3. The number of amides is 1. The quantitative estimate of drug-likeness (QED) is 0.731. The molecule has 2 heterocycles. The number of halogens is 4. The highest BCUT2D eigenvalue weighted by Gasteiger charge is 2.49. The zero-order chi connectivity index (χ0) is 16.3. The Kier molecular flexibility index (Phi) is 3.56. The topological polar surface area (TPSA) is 54.5 Å². The van der Waals surface area contributed by atoms with Crippen LogP contribution in [0.25, 0.3) is 0 Å². The molecule has 1 aromatic rings. The van der Waals surface area contributed by atoms with Crippen LogP contribution in [0.4, 0.5) is 18.9 Å². The van der Waals surface area contributed by atoms with Crippen molar-refractivity contribution in [2.24, 2.45) is 5.92 Å². The lowest BCUT2D eigenvalue weighted by Gasteiger charge is -2.24. The summed E-state index contributed by atoms with van der Waals surface area (Å²) < 4.78 is 62.2. The molecule has 0 aliphatic carbocycles. The Labute approximate surface area is 133 Å². The molecule has 3 rings (SSSR count). The Bertz CT molecular complexity index is 747. The third kappa shape index (κ3) is 2.64. The number of anilines is 1. The van der Waals surface area contributed by atoms with Crippen molar-refractivity contribution in [2.45, 2.75) is 18.6 Å². The van der Waals surface area contributed by atoms with E-state index in [1.165, 1.54) is 17.0 Å². The lowest BCUT2D eigenvalue weighted by Crippen LogP contribution is -2.36. The number of fused-ring (bicyclic) bond motifs is 1. The molecule has 9 heteroatoms. The van der Waals surface area contributed by atoms with Gasteiger partial charge >= 0.3 is 6.18 Å². The number of carbonyl (C=O) groups is 1. The van der Waals surface area contributed by atoms with Crippen molar-refractivity contribution in [1.29, 1.82) is 0 Å². The Morgan fingerprint density at radius 2 is 1.91 bits per heavy atom. The van der Waals surface area contributed by atoms with E-state index in [0.717, 1.165) is 6.07 Å².